The van der Waals surface area contributed by atoms with Crippen molar-refractivity contribution in [1.82, 2.24) is 9.97 Å². The molecule has 6 heteroatoms. The average Bonchev–Trinajstić information content (AvgIpc) is 3.17. The molecule has 2 aromatic rings. The first kappa shape index (κ1) is 24.5. The number of nitrogens with one attached hydrogen (secondary N) is 1. The molecule has 6 rings (SSSR count). The summed E-state index contributed by atoms with van der Waals surface area (Å²) >= 11 is 0. The zero-order chi connectivity index (χ0) is 25.2. The second-order valence-corrected chi connectivity index (χ2v) is 13.0. The Bertz CT molecular complexity index is 1210. The molecule has 36 heavy (non-hydrogen) atoms. The number of H-pyrrole nitrogens is 1. The molecule has 0 amide bonds. The van der Waals surface area contributed by atoms with Gasteiger partial charge >= 0.3 is 0 Å². The molecule has 0 spiro atoms. The number of fused-ring (bicyclic) bond motifs is 6. The maximum absolute atomic E-state index is 13.7. The Balaban J connectivity index is 1.15. The van der Waals surface area contributed by atoms with Crippen LogP contribution in [0, 0.1) is 52.1 Å². The lowest BCUT2D eigenvalue weighted by molar-refractivity contribution is -0.162. The summed E-state index contributed by atoms with van der Waals surface area (Å²) in [6, 6.07) is 1.93. The smallest absolute Gasteiger partial charge is 0.258 e. The summed E-state index contributed by atoms with van der Waals surface area (Å²) in [5, 5.41) is 11.5. The van der Waals surface area contributed by atoms with Gasteiger partial charge in [0.15, 0.2) is 11.6 Å². The number of hydrogen-bond acceptors (Lipinski definition) is 3. The molecule has 0 aliphatic heterocycles. The molecule has 8 unspecified atom stereocenters. The van der Waals surface area contributed by atoms with E-state index in [0.29, 0.717) is 47.2 Å². The Morgan fingerprint density at radius 3 is 2.64 bits per heavy atom. The number of hydrogen-bond donors (Lipinski definition) is 2. The third-order valence-electron chi connectivity index (χ3n) is 11.6. The zero-order valence-electron chi connectivity index (χ0n) is 21.7. The van der Waals surface area contributed by atoms with Crippen LogP contribution < -0.4 is 5.56 Å². The molecule has 1 aromatic carbocycles. The second kappa shape index (κ2) is 8.89. The van der Waals surface area contributed by atoms with Crippen LogP contribution in [0.25, 0.3) is 10.9 Å². The van der Waals surface area contributed by atoms with Crippen molar-refractivity contribution in [2.24, 2.45) is 40.4 Å². The number of aliphatic hydroxyl groups excluding tert-OH is 1. The first-order valence-electron chi connectivity index (χ1n) is 14.3. The summed E-state index contributed by atoms with van der Waals surface area (Å²) in [6.45, 7) is 5.04. The van der Waals surface area contributed by atoms with E-state index in [2.05, 4.69) is 23.8 Å². The van der Waals surface area contributed by atoms with E-state index in [0.717, 1.165) is 31.4 Å². The Kier molecular flexibility index (Phi) is 6.05. The maximum atomic E-state index is 13.7. The number of rotatable bonds is 4. The SMILES string of the molecule is CC12CCC3C(C(O)CC4CCCCC43C)C1CCC2CCCc1nc2cc(F)c(F)cc2c(=O)[nH]1. The highest BCUT2D eigenvalue weighted by atomic mass is 19.2. The lowest BCUT2D eigenvalue weighted by Gasteiger charge is -2.62. The first-order valence-corrected chi connectivity index (χ1v) is 14.3. The monoisotopic (exact) mass is 498 g/mol. The maximum Gasteiger partial charge on any atom is 0.258 e. The molecule has 4 nitrogen and oxygen atoms in total. The summed E-state index contributed by atoms with van der Waals surface area (Å²) in [5.74, 6) is 1.57. The fourth-order valence-corrected chi connectivity index (χ4v) is 9.65. The molecule has 1 aromatic heterocycles. The van der Waals surface area contributed by atoms with Crippen LogP contribution in [-0.4, -0.2) is 21.2 Å². The van der Waals surface area contributed by atoms with Gasteiger partial charge in [-0.3, -0.25) is 4.79 Å². The number of aromatic nitrogens is 2. The van der Waals surface area contributed by atoms with Crippen LogP contribution in [0.15, 0.2) is 16.9 Å². The summed E-state index contributed by atoms with van der Waals surface area (Å²) in [5.41, 5.74) is 0.475. The van der Waals surface area contributed by atoms with Gasteiger partial charge in [-0.05, 0) is 104 Å². The molecule has 0 bridgehead atoms. The Hall–Kier alpha value is -1.82. The van der Waals surface area contributed by atoms with Gasteiger partial charge in [0, 0.05) is 12.5 Å². The Labute approximate surface area is 212 Å². The highest BCUT2D eigenvalue weighted by Crippen LogP contribution is 2.67. The van der Waals surface area contributed by atoms with Gasteiger partial charge in [0.05, 0.1) is 17.0 Å². The molecular weight excluding hydrogens is 458 g/mol. The lowest BCUT2D eigenvalue weighted by atomic mass is 9.44. The fourth-order valence-electron chi connectivity index (χ4n) is 9.65. The summed E-state index contributed by atoms with van der Waals surface area (Å²) < 4.78 is 27.2. The standard InChI is InChI=1S/C30H40F2N2O2/c1-29-12-4-3-6-18(29)14-25(35)27-20-10-9-17(30(20,2)13-11-21(27)29)7-5-8-26-33-24-16-23(32)22(31)15-19(24)28(36)34-26/h15-18,20-21,25,27,35H,3-14H2,1-2H3,(H,33,34,36). The minimum Gasteiger partial charge on any atom is -0.393 e. The van der Waals surface area contributed by atoms with E-state index in [1.807, 2.05) is 0 Å². The van der Waals surface area contributed by atoms with Crippen molar-refractivity contribution < 1.29 is 13.9 Å². The molecule has 196 valence electrons. The molecule has 8 atom stereocenters. The normalized spacial score (nSPS) is 40.0. The zero-order valence-corrected chi connectivity index (χ0v) is 21.7. The van der Waals surface area contributed by atoms with Gasteiger partial charge in [0.25, 0.3) is 5.56 Å². The third kappa shape index (κ3) is 3.76. The summed E-state index contributed by atoms with van der Waals surface area (Å²) in [7, 11) is 0. The molecular formula is C30H40F2N2O2. The van der Waals surface area contributed by atoms with Crippen molar-refractivity contribution in [2.75, 3.05) is 0 Å². The average molecular weight is 499 g/mol. The van der Waals surface area contributed by atoms with Crippen LogP contribution >= 0.6 is 0 Å². The van der Waals surface area contributed by atoms with Gasteiger partial charge in [-0.15, -0.1) is 0 Å². The van der Waals surface area contributed by atoms with Crippen LogP contribution in [0.2, 0.25) is 0 Å². The number of aryl methyl sites for hydroxylation is 1. The van der Waals surface area contributed by atoms with Gasteiger partial charge in [-0.2, -0.15) is 0 Å². The first-order chi connectivity index (χ1) is 17.2. The van der Waals surface area contributed by atoms with Gasteiger partial charge < -0.3 is 10.1 Å². The fraction of sp³-hybridized carbons (Fsp3) is 0.733. The van der Waals surface area contributed by atoms with Crippen molar-refractivity contribution in [3.8, 4) is 0 Å². The van der Waals surface area contributed by atoms with Gasteiger partial charge in [-0.25, -0.2) is 13.8 Å². The van der Waals surface area contributed by atoms with Crippen LogP contribution in [0.3, 0.4) is 0 Å². The Morgan fingerprint density at radius 1 is 1.03 bits per heavy atom. The van der Waals surface area contributed by atoms with Crippen molar-refractivity contribution in [3.63, 3.8) is 0 Å². The van der Waals surface area contributed by atoms with Crippen LogP contribution in [0.5, 0.6) is 0 Å². The molecule has 4 aliphatic carbocycles. The molecule has 0 radical (unpaired) electrons. The topological polar surface area (TPSA) is 66.0 Å². The van der Waals surface area contributed by atoms with Gasteiger partial charge in [0.2, 0.25) is 0 Å². The predicted octanol–water partition coefficient (Wildman–Crippen LogP) is 6.54. The van der Waals surface area contributed by atoms with E-state index in [4.69, 9.17) is 0 Å². The molecule has 0 saturated heterocycles. The van der Waals surface area contributed by atoms with E-state index in [1.165, 1.54) is 51.4 Å². The van der Waals surface area contributed by atoms with Gasteiger partial charge in [-0.1, -0.05) is 26.7 Å². The van der Waals surface area contributed by atoms with Crippen molar-refractivity contribution in [2.45, 2.75) is 97.0 Å². The third-order valence-corrected chi connectivity index (χ3v) is 11.6. The van der Waals surface area contributed by atoms with Crippen LogP contribution in [-0.2, 0) is 6.42 Å². The number of nitrogens with zero attached hydrogens (tertiary/aromatic N) is 1. The van der Waals surface area contributed by atoms with Crippen LogP contribution in [0.4, 0.5) is 8.78 Å². The predicted molar refractivity (Wildman–Crippen MR) is 136 cm³/mol. The van der Waals surface area contributed by atoms with E-state index < -0.39 is 17.2 Å². The minimum absolute atomic E-state index is 0.0838. The van der Waals surface area contributed by atoms with E-state index in [-0.39, 0.29) is 22.4 Å². The van der Waals surface area contributed by atoms with Crippen LogP contribution in [0.1, 0.15) is 90.3 Å². The lowest BCUT2D eigenvalue weighted by Crippen LogP contribution is -2.57. The molecule has 4 saturated carbocycles. The quantitative estimate of drug-likeness (QED) is 0.503. The van der Waals surface area contributed by atoms with Crippen molar-refractivity contribution in [3.05, 3.63) is 39.9 Å². The van der Waals surface area contributed by atoms with Crippen molar-refractivity contribution >= 4 is 10.9 Å². The number of aliphatic hydroxyl groups is 1. The van der Waals surface area contributed by atoms with Crippen molar-refractivity contribution in [1.29, 1.82) is 0 Å². The molecule has 4 fully saturated rings. The number of halogens is 2. The largest absolute Gasteiger partial charge is 0.393 e. The summed E-state index contributed by atoms with van der Waals surface area (Å²) in [6.07, 6.45) is 13.7. The minimum atomic E-state index is -1.03. The highest BCUT2D eigenvalue weighted by Gasteiger charge is 2.61. The molecule has 1 heterocycles. The van der Waals surface area contributed by atoms with Gasteiger partial charge in [0.1, 0.15) is 5.82 Å². The number of benzene rings is 1. The molecule has 4 aliphatic rings. The highest BCUT2D eigenvalue weighted by molar-refractivity contribution is 5.77. The number of aromatic amines is 1. The second-order valence-electron chi connectivity index (χ2n) is 13.0. The molecule has 2 N–H and O–H groups in total. The summed E-state index contributed by atoms with van der Waals surface area (Å²) in [4.78, 5) is 19.6. The van der Waals surface area contributed by atoms with E-state index in [9.17, 15) is 18.7 Å². The Morgan fingerprint density at radius 2 is 1.81 bits per heavy atom. The van der Waals surface area contributed by atoms with E-state index in [1.54, 1.807) is 0 Å². The van der Waals surface area contributed by atoms with E-state index >= 15 is 0 Å².